The van der Waals surface area contributed by atoms with Crippen LogP contribution in [0.1, 0.15) is 37.3 Å². The molecule has 2 rings (SSSR count). The maximum atomic E-state index is 4.41. The van der Waals surface area contributed by atoms with E-state index in [0.29, 0.717) is 6.04 Å². The van der Waals surface area contributed by atoms with Crippen LogP contribution < -0.4 is 10.6 Å². The number of likely N-dealkylation sites (N-methyl/N-ethyl adjacent to an activating group) is 1. The van der Waals surface area contributed by atoms with E-state index in [4.69, 9.17) is 0 Å². The van der Waals surface area contributed by atoms with E-state index < -0.39 is 0 Å². The van der Waals surface area contributed by atoms with Crippen LogP contribution in [0.2, 0.25) is 0 Å². The first-order valence-corrected chi connectivity index (χ1v) is 9.97. The van der Waals surface area contributed by atoms with Gasteiger partial charge in [-0.25, -0.2) is 0 Å². The highest BCUT2D eigenvalue weighted by Crippen LogP contribution is 2.26. The first kappa shape index (κ1) is 22.6. The molecule has 0 spiro atoms. The summed E-state index contributed by atoms with van der Waals surface area (Å²) in [4.78, 5) is 6.62. The SMILES string of the molecule is CN=C(NCC(c1cnn(C)c1)N(C)C)NC1CCCC(SC)C1.I. The Morgan fingerprint density at radius 2 is 2.24 bits per heavy atom. The van der Waals surface area contributed by atoms with Gasteiger partial charge in [0, 0.05) is 43.7 Å². The van der Waals surface area contributed by atoms with E-state index >= 15 is 0 Å². The predicted molar refractivity (Wildman–Crippen MR) is 119 cm³/mol. The normalized spacial score (nSPS) is 22.4. The summed E-state index contributed by atoms with van der Waals surface area (Å²) < 4.78 is 1.85. The summed E-state index contributed by atoms with van der Waals surface area (Å²) in [5, 5.41) is 12.2. The van der Waals surface area contributed by atoms with Gasteiger partial charge in [0.15, 0.2) is 5.96 Å². The van der Waals surface area contributed by atoms with Gasteiger partial charge in [-0.2, -0.15) is 16.9 Å². The lowest BCUT2D eigenvalue weighted by Gasteiger charge is -2.31. The molecule has 25 heavy (non-hydrogen) atoms. The molecular formula is C17H33IN6S. The molecule has 144 valence electrons. The van der Waals surface area contributed by atoms with Crippen molar-refractivity contribution in [1.82, 2.24) is 25.3 Å². The molecule has 1 aliphatic carbocycles. The molecule has 1 aromatic rings. The average Bonchev–Trinajstić information content (AvgIpc) is 3.00. The molecule has 1 heterocycles. The number of aliphatic imine (C=N–C) groups is 1. The Balaban J connectivity index is 0.00000312. The quantitative estimate of drug-likeness (QED) is 0.372. The number of nitrogens with one attached hydrogen (secondary N) is 2. The summed E-state index contributed by atoms with van der Waals surface area (Å²) in [5.41, 5.74) is 1.21. The second-order valence-electron chi connectivity index (χ2n) is 6.75. The second kappa shape index (κ2) is 11.3. The molecule has 0 radical (unpaired) electrons. The molecule has 1 aromatic heterocycles. The Morgan fingerprint density at radius 3 is 2.80 bits per heavy atom. The molecule has 6 nitrogen and oxygen atoms in total. The molecule has 1 fully saturated rings. The Kier molecular flexibility index (Phi) is 10.2. The molecule has 0 bridgehead atoms. The third kappa shape index (κ3) is 6.97. The van der Waals surface area contributed by atoms with E-state index in [-0.39, 0.29) is 30.0 Å². The number of guanidine groups is 1. The van der Waals surface area contributed by atoms with Crippen molar-refractivity contribution in [2.75, 3.05) is 33.9 Å². The highest BCUT2D eigenvalue weighted by Gasteiger charge is 2.22. The number of aromatic nitrogens is 2. The van der Waals surface area contributed by atoms with Gasteiger partial charge in [-0.3, -0.25) is 9.67 Å². The van der Waals surface area contributed by atoms with Crippen LogP contribution in [0.15, 0.2) is 17.4 Å². The van der Waals surface area contributed by atoms with Crippen molar-refractivity contribution in [3.8, 4) is 0 Å². The van der Waals surface area contributed by atoms with Gasteiger partial charge in [-0.15, -0.1) is 24.0 Å². The van der Waals surface area contributed by atoms with Gasteiger partial charge in [0.05, 0.1) is 12.2 Å². The van der Waals surface area contributed by atoms with Crippen LogP contribution in [0.25, 0.3) is 0 Å². The molecule has 3 atom stereocenters. The topological polar surface area (TPSA) is 57.5 Å². The van der Waals surface area contributed by atoms with Gasteiger partial charge in [-0.05, 0) is 39.6 Å². The molecule has 0 amide bonds. The maximum absolute atomic E-state index is 4.41. The fourth-order valence-corrected chi connectivity index (χ4v) is 4.11. The van der Waals surface area contributed by atoms with Crippen molar-refractivity contribution < 1.29 is 0 Å². The maximum Gasteiger partial charge on any atom is 0.191 e. The third-order valence-corrected chi connectivity index (χ3v) is 5.81. The zero-order valence-corrected chi connectivity index (χ0v) is 19.2. The molecule has 0 aromatic carbocycles. The summed E-state index contributed by atoms with van der Waals surface area (Å²) in [5.74, 6) is 0.900. The van der Waals surface area contributed by atoms with Gasteiger partial charge in [0.25, 0.3) is 0 Å². The summed E-state index contributed by atoms with van der Waals surface area (Å²) in [7, 11) is 7.99. The van der Waals surface area contributed by atoms with E-state index in [0.717, 1.165) is 17.8 Å². The Hall–Kier alpha value is -0.480. The number of nitrogens with zero attached hydrogens (tertiary/aromatic N) is 4. The van der Waals surface area contributed by atoms with Crippen LogP contribution in [0.4, 0.5) is 0 Å². The smallest absolute Gasteiger partial charge is 0.191 e. The van der Waals surface area contributed by atoms with Gasteiger partial charge in [0.2, 0.25) is 0 Å². The molecule has 1 aliphatic rings. The summed E-state index contributed by atoms with van der Waals surface area (Å²) >= 11 is 1.99. The lowest BCUT2D eigenvalue weighted by molar-refractivity contribution is 0.297. The van der Waals surface area contributed by atoms with Crippen molar-refractivity contribution >= 4 is 41.7 Å². The number of rotatable bonds is 6. The third-order valence-electron chi connectivity index (χ3n) is 4.72. The summed E-state index contributed by atoms with van der Waals surface area (Å²) in [6.45, 7) is 0.803. The predicted octanol–water partition coefficient (Wildman–Crippen LogP) is 2.48. The number of hydrogen-bond donors (Lipinski definition) is 2. The summed E-state index contributed by atoms with van der Waals surface area (Å²) in [6.07, 6.45) is 11.3. The zero-order chi connectivity index (χ0) is 17.5. The standard InChI is InChI=1S/C17H32N6S.HI/c1-18-17(21-14-7-6-8-15(9-14)24-5)19-11-16(22(2)3)13-10-20-23(4)12-13;/h10,12,14-16H,6-9,11H2,1-5H3,(H2,18,19,21);1H. The molecule has 1 saturated carbocycles. The molecular weight excluding hydrogens is 447 g/mol. The van der Waals surface area contributed by atoms with Crippen molar-refractivity contribution in [2.45, 2.75) is 43.0 Å². The lowest BCUT2D eigenvalue weighted by atomic mass is 9.95. The van der Waals surface area contributed by atoms with Crippen LogP contribution in [0.5, 0.6) is 0 Å². The minimum atomic E-state index is 0. The van der Waals surface area contributed by atoms with E-state index in [2.05, 4.69) is 52.2 Å². The second-order valence-corrected chi connectivity index (χ2v) is 7.88. The zero-order valence-electron chi connectivity index (χ0n) is 16.0. The Bertz CT molecular complexity index is 533. The molecule has 3 unspecified atom stereocenters. The van der Waals surface area contributed by atoms with E-state index in [1.54, 1.807) is 0 Å². The number of hydrogen-bond acceptors (Lipinski definition) is 4. The van der Waals surface area contributed by atoms with Gasteiger partial charge in [0.1, 0.15) is 0 Å². The van der Waals surface area contributed by atoms with Crippen LogP contribution in [0, 0.1) is 0 Å². The van der Waals surface area contributed by atoms with Crippen molar-refractivity contribution in [2.24, 2.45) is 12.0 Å². The minimum absolute atomic E-state index is 0. The largest absolute Gasteiger partial charge is 0.354 e. The van der Waals surface area contributed by atoms with Crippen LogP contribution in [-0.4, -0.2) is 65.9 Å². The monoisotopic (exact) mass is 480 g/mol. The number of aryl methyl sites for hydroxylation is 1. The van der Waals surface area contributed by atoms with E-state index in [9.17, 15) is 0 Å². The average molecular weight is 480 g/mol. The van der Waals surface area contributed by atoms with Gasteiger partial charge >= 0.3 is 0 Å². The van der Waals surface area contributed by atoms with E-state index in [1.165, 1.54) is 31.2 Å². The molecule has 2 N–H and O–H groups in total. The minimum Gasteiger partial charge on any atom is -0.354 e. The van der Waals surface area contributed by atoms with Gasteiger partial charge < -0.3 is 15.5 Å². The first-order valence-electron chi connectivity index (χ1n) is 8.68. The Labute approximate surface area is 173 Å². The fraction of sp³-hybridized carbons (Fsp3) is 0.765. The molecule has 0 aliphatic heterocycles. The fourth-order valence-electron chi connectivity index (χ4n) is 3.28. The van der Waals surface area contributed by atoms with Crippen LogP contribution in [-0.2, 0) is 7.05 Å². The van der Waals surface area contributed by atoms with Crippen molar-refractivity contribution in [3.05, 3.63) is 18.0 Å². The Morgan fingerprint density at radius 1 is 1.48 bits per heavy atom. The highest BCUT2D eigenvalue weighted by atomic mass is 127. The molecule has 0 saturated heterocycles. The first-order chi connectivity index (χ1) is 11.5. The van der Waals surface area contributed by atoms with Crippen LogP contribution >= 0.6 is 35.7 Å². The summed E-state index contributed by atoms with van der Waals surface area (Å²) in [6, 6.07) is 0.793. The van der Waals surface area contributed by atoms with E-state index in [1.807, 2.05) is 36.7 Å². The number of halogens is 1. The highest BCUT2D eigenvalue weighted by molar-refractivity contribution is 14.0. The lowest BCUT2D eigenvalue weighted by Crippen LogP contribution is -2.47. The van der Waals surface area contributed by atoms with Crippen LogP contribution in [0.3, 0.4) is 0 Å². The van der Waals surface area contributed by atoms with Crippen molar-refractivity contribution in [1.29, 1.82) is 0 Å². The van der Waals surface area contributed by atoms with Gasteiger partial charge in [-0.1, -0.05) is 6.42 Å². The number of thioether (sulfide) groups is 1. The molecule has 8 heteroatoms. The van der Waals surface area contributed by atoms with Crippen molar-refractivity contribution in [3.63, 3.8) is 0 Å².